The summed E-state index contributed by atoms with van der Waals surface area (Å²) in [5.74, 6) is -6.66. The summed E-state index contributed by atoms with van der Waals surface area (Å²) in [5, 5.41) is 4.58. The Morgan fingerprint density at radius 3 is 2.22 bits per heavy atom. The molecule has 2 N–H and O–H groups in total. The Labute approximate surface area is 153 Å². The van der Waals surface area contributed by atoms with Crippen LogP contribution in [-0.4, -0.2) is 18.4 Å². The molecule has 8 heteroatoms. The molecule has 0 radical (unpaired) electrons. The molecule has 0 bridgehead atoms. The fourth-order valence-electron chi connectivity index (χ4n) is 2.24. The second-order valence-electron chi connectivity index (χ2n) is 6.40. The van der Waals surface area contributed by atoms with Crippen LogP contribution in [0.2, 0.25) is 0 Å². The maximum absolute atomic E-state index is 13.7. The Hall–Kier alpha value is -2.90. The Bertz CT molecular complexity index is 869. The van der Waals surface area contributed by atoms with Crippen LogP contribution in [0.5, 0.6) is 0 Å². The van der Waals surface area contributed by atoms with Gasteiger partial charge in [-0.1, -0.05) is 18.2 Å². The van der Waals surface area contributed by atoms with E-state index in [1.807, 2.05) is 0 Å². The highest BCUT2D eigenvalue weighted by atomic mass is 19.2. The minimum atomic E-state index is -1.72. The van der Waals surface area contributed by atoms with Crippen LogP contribution in [0.15, 0.2) is 36.4 Å². The summed E-state index contributed by atoms with van der Waals surface area (Å²) < 4.78 is 53.4. The maximum Gasteiger partial charge on any atom is 0.239 e. The van der Waals surface area contributed by atoms with E-state index >= 15 is 0 Å². The molecule has 2 rings (SSSR count). The van der Waals surface area contributed by atoms with E-state index in [0.717, 1.165) is 6.07 Å². The Kier molecular flexibility index (Phi) is 6.20. The summed E-state index contributed by atoms with van der Waals surface area (Å²) in [6, 6.07) is 7.60. The molecule has 27 heavy (non-hydrogen) atoms. The van der Waals surface area contributed by atoms with Crippen LogP contribution in [-0.2, 0) is 16.0 Å². The van der Waals surface area contributed by atoms with Crippen LogP contribution < -0.4 is 10.6 Å². The zero-order chi connectivity index (χ0) is 20.2. The number of nitrogens with one attached hydrogen (secondary N) is 2. The van der Waals surface area contributed by atoms with Gasteiger partial charge in [0.25, 0.3) is 0 Å². The van der Waals surface area contributed by atoms with E-state index in [2.05, 4.69) is 10.6 Å². The van der Waals surface area contributed by atoms with E-state index in [4.69, 9.17) is 0 Å². The lowest BCUT2D eigenvalue weighted by Gasteiger charge is -2.23. The van der Waals surface area contributed by atoms with Crippen molar-refractivity contribution >= 4 is 17.5 Å². The summed E-state index contributed by atoms with van der Waals surface area (Å²) >= 11 is 0. The van der Waals surface area contributed by atoms with Crippen LogP contribution in [0, 0.1) is 28.7 Å². The summed E-state index contributed by atoms with van der Waals surface area (Å²) in [6.07, 6.45) is 0.216. The molecule has 2 amide bonds. The molecule has 0 saturated carbocycles. The highest BCUT2D eigenvalue weighted by Gasteiger charge is 2.36. The number of hydrogen-bond acceptors (Lipinski definition) is 2. The summed E-state index contributed by atoms with van der Waals surface area (Å²) in [4.78, 5) is 24.6. The molecule has 2 aromatic rings. The maximum atomic E-state index is 13.7. The van der Waals surface area contributed by atoms with Gasteiger partial charge in [-0.2, -0.15) is 0 Å². The molecule has 2 aromatic carbocycles. The molecule has 0 atom stereocenters. The van der Waals surface area contributed by atoms with Gasteiger partial charge in [-0.25, -0.2) is 17.6 Å². The molecule has 0 unspecified atom stereocenters. The number of anilines is 1. The highest BCUT2D eigenvalue weighted by molar-refractivity contribution is 6.09. The first kappa shape index (κ1) is 20.4. The van der Waals surface area contributed by atoms with Gasteiger partial charge >= 0.3 is 0 Å². The fourth-order valence-corrected chi connectivity index (χ4v) is 2.24. The first-order valence-electron chi connectivity index (χ1n) is 8.11. The van der Waals surface area contributed by atoms with Crippen LogP contribution >= 0.6 is 0 Å². The van der Waals surface area contributed by atoms with Gasteiger partial charge in [0.1, 0.15) is 11.2 Å². The van der Waals surface area contributed by atoms with Crippen molar-refractivity contribution in [2.75, 3.05) is 11.9 Å². The summed E-state index contributed by atoms with van der Waals surface area (Å²) in [6.45, 7) is 2.66. The van der Waals surface area contributed by atoms with Gasteiger partial charge in [-0.3, -0.25) is 9.59 Å². The van der Waals surface area contributed by atoms with Crippen LogP contribution in [0.3, 0.4) is 0 Å². The minimum Gasteiger partial charge on any atom is -0.355 e. The third-order valence-electron chi connectivity index (χ3n) is 4.06. The molecule has 0 aliphatic heterocycles. The number of hydrogen-bond donors (Lipinski definition) is 2. The smallest absolute Gasteiger partial charge is 0.239 e. The van der Waals surface area contributed by atoms with Crippen LogP contribution in [0.1, 0.15) is 19.4 Å². The van der Waals surface area contributed by atoms with E-state index in [1.165, 1.54) is 19.9 Å². The van der Waals surface area contributed by atoms with Crippen molar-refractivity contribution in [3.8, 4) is 0 Å². The Morgan fingerprint density at radius 1 is 0.889 bits per heavy atom. The minimum absolute atomic E-state index is 0.0794. The number of halogens is 4. The molecular weight excluding hydrogens is 364 g/mol. The normalized spacial score (nSPS) is 11.2. The molecule has 0 aliphatic rings. The van der Waals surface area contributed by atoms with Gasteiger partial charge in [0, 0.05) is 6.54 Å². The lowest BCUT2D eigenvalue weighted by molar-refractivity contribution is -0.138. The van der Waals surface area contributed by atoms with E-state index in [9.17, 15) is 27.2 Å². The van der Waals surface area contributed by atoms with E-state index < -0.39 is 46.2 Å². The van der Waals surface area contributed by atoms with Crippen molar-refractivity contribution in [1.29, 1.82) is 0 Å². The first-order chi connectivity index (χ1) is 12.6. The van der Waals surface area contributed by atoms with Gasteiger partial charge < -0.3 is 10.6 Å². The van der Waals surface area contributed by atoms with Crippen molar-refractivity contribution in [2.24, 2.45) is 5.41 Å². The lowest BCUT2D eigenvalue weighted by Crippen LogP contribution is -2.45. The SMILES string of the molecule is CC(C)(C(=O)NCCc1ccccc1F)C(=O)Nc1ccc(F)c(F)c1F. The van der Waals surface area contributed by atoms with Gasteiger partial charge in [-0.15, -0.1) is 0 Å². The molecule has 4 nitrogen and oxygen atoms in total. The van der Waals surface area contributed by atoms with Gasteiger partial charge in [0.15, 0.2) is 17.5 Å². The van der Waals surface area contributed by atoms with E-state index in [1.54, 1.807) is 18.2 Å². The fraction of sp³-hybridized carbons (Fsp3) is 0.263. The van der Waals surface area contributed by atoms with Gasteiger partial charge in [0.2, 0.25) is 11.8 Å². The number of carbonyl (C=O) groups excluding carboxylic acids is 2. The standard InChI is InChI=1S/C19H18F4N2O2/c1-19(2,17(26)24-10-9-11-5-3-4-6-12(11)20)18(27)25-14-8-7-13(21)15(22)16(14)23/h3-8H,9-10H2,1-2H3,(H,24,26)(H,25,27). The molecule has 0 spiro atoms. The van der Waals surface area contributed by atoms with Crippen LogP contribution in [0.4, 0.5) is 23.2 Å². The molecule has 0 aromatic heterocycles. The molecule has 0 heterocycles. The lowest BCUT2D eigenvalue weighted by atomic mass is 9.90. The monoisotopic (exact) mass is 382 g/mol. The summed E-state index contributed by atoms with van der Waals surface area (Å²) in [7, 11) is 0. The summed E-state index contributed by atoms with van der Waals surface area (Å²) in [5.41, 5.74) is -1.80. The van der Waals surface area contributed by atoms with E-state index in [-0.39, 0.29) is 13.0 Å². The molecular formula is C19H18F4N2O2. The average molecular weight is 382 g/mol. The van der Waals surface area contributed by atoms with Crippen LogP contribution in [0.25, 0.3) is 0 Å². The molecule has 0 fully saturated rings. The zero-order valence-electron chi connectivity index (χ0n) is 14.7. The Balaban J connectivity index is 1.99. The third kappa shape index (κ3) is 4.64. The van der Waals surface area contributed by atoms with Crippen molar-refractivity contribution in [3.63, 3.8) is 0 Å². The van der Waals surface area contributed by atoms with Crippen molar-refractivity contribution < 1.29 is 27.2 Å². The van der Waals surface area contributed by atoms with Crippen molar-refractivity contribution in [2.45, 2.75) is 20.3 Å². The van der Waals surface area contributed by atoms with Crippen molar-refractivity contribution in [3.05, 3.63) is 65.2 Å². The molecule has 144 valence electrons. The number of rotatable bonds is 6. The first-order valence-corrected chi connectivity index (χ1v) is 8.11. The van der Waals surface area contributed by atoms with E-state index in [0.29, 0.717) is 11.6 Å². The predicted molar refractivity (Wildman–Crippen MR) is 91.8 cm³/mol. The van der Waals surface area contributed by atoms with Gasteiger partial charge in [0.05, 0.1) is 5.69 Å². The predicted octanol–water partition coefficient (Wildman–Crippen LogP) is 3.57. The average Bonchev–Trinajstić information content (AvgIpc) is 2.63. The Morgan fingerprint density at radius 2 is 1.56 bits per heavy atom. The quantitative estimate of drug-likeness (QED) is 0.456. The zero-order valence-corrected chi connectivity index (χ0v) is 14.7. The second kappa shape index (κ2) is 8.20. The number of carbonyl (C=O) groups is 2. The molecule has 0 saturated heterocycles. The van der Waals surface area contributed by atoms with Crippen molar-refractivity contribution in [1.82, 2.24) is 5.32 Å². The highest BCUT2D eigenvalue weighted by Crippen LogP contribution is 2.23. The molecule has 0 aliphatic carbocycles. The second-order valence-corrected chi connectivity index (χ2v) is 6.40. The van der Waals surface area contributed by atoms with Gasteiger partial charge in [-0.05, 0) is 44.0 Å². The third-order valence-corrected chi connectivity index (χ3v) is 4.06. The number of benzene rings is 2. The topological polar surface area (TPSA) is 58.2 Å². The largest absolute Gasteiger partial charge is 0.355 e. The number of amides is 2.